The molecule has 0 aliphatic rings. The molecular formula is C10H9ClN2OS. The van der Waals surface area contributed by atoms with Crippen LogP contribution in [0.1, 0.15) is 0 Å². The van der Waals surface area contributed by atoms with Gasteiger partial charge in [0.05, 0.1) is 5.88 Å². The molecule has 1 aromatic carbocycles. The van der Waals surface area contributed by atoms with Gasteiger partial charge >= 0.3 is 0 Å². The van der Waals surface area contributed by atoms with Crippen molar-refractivity contribution in [2.24, 2.45) is 0 Å². The summed E-state index contributed by atoms with van der Waals surface area (Å²) in [5, 5.41) is 3.40. The maximum Gasteiger partial charge on any atom is 0.264 e. The Labute approximate surface area is 96.0 Å². The molecule has 0 aliphatic heterocycles. The SMILES string of the molecule is O=c1cc[15n](CSc2ccc(Cl)cc2)[15nH]1. The normalized spacial score (nSPS) is 10.5. The molecule has 5 heteroatoms. The maximum absolute atomic E-state index is 10.8. The lowest BCUT2D eigenvalue weighted by molar-refractivity contribution is 0.740. The zero-order valence-electron chi connectivity index (χ0n) is 7.81. The summed E-state index contributed by atoms with van der Waals surface area (Å²) in [6, 6.07) is 9.11. The number of H-pyrrole nitrogens is 1. The molecule has 0 saturated carbocycles. The number of nitrogens with zero attached hydrogens (tertiary/aromatic N) is 1. The van der Waals surface area contributed by atoms with E-state index in [0.717, 1.165) is 9.92 Å². The van der Waals surface area contributed by atoms with E-state index in [4.69, 9.17) is 11.6 Å². The number of aromatic amines is 1. The average molecular weight is 243 g/mol. The van der Waals surface area contributed by atoms with E-state index in [1.54, 1.807) is 22.6 Å². The van der Waals surface area contributed by atoms with E-state index in [-0.39, 0.29) is 5.56 Å². The van der Waals surface area contributed by atoms with Gasteiger partial charge in [-0.3, -0.25) is 14.6 Å². The topological polar surface area (TPSA) is 37.8 Å². The van der Waals surface area contributed by atoms with Crippen molar-refractivity contribution in [1.82, 2.24) is 9.78 Å². The first-order valence-electron chi connectivity index (χ1n) is 4.38. The van der Waals surface area contributed by atoms with E-state index < -0.39 is 0 Å². The molecule has 3 nitrogen and oxygen atoms in total. The highest BCUT2D eigenvalue weighted by Crippen LogP contribution is 2.21. The van der Waals surface area contributed by atoms with Crippen molar-refractivity contribution in [3.05, 3.63) is 51.9 Å². The van der Waals surface area contributed by atoms with Gasteiger partial charge < -0.3 is 0 Å². The smallest absolute Gasteiger partial charge is 0.264 e. The zero-order chi connectivity index (χ0) is 10.7. The molecule has 0 unspecified atom stereocenters. The second-order valence-corrected chi connectivity index (χ2v) is 4.44. The Kier molecular flexibility index (Phi) is 3.18. The van der Waals surface area contributed by atoms with Crippen LogP contribution in [-0.2, 0) is 5.88 Å². The lowest BCUT2D eigenvalue weighted by Gasteiger charge is -2.02. The minimum Gasteiger partial charge on any atom is -0.282 e. The molecule has 78 valence electrons. The first-order chi connectivity index (χ1) is 7.24. The zero-order valence-corrected chi connectivity index (χ0v) is 9.39. The Morgan fingerprint density at radius 1 is 1.27 bits per heavy atom. The average Bonchev–Trinajstić information content (AvgIpc) is 2.64. The molecule has 0 aliphatic carbocycles. The third-order valence-corrected chi connectivity index (χ3v) is 3.11. The Balaban J connectivity index is 1.99. The lowest BCUT2D eigenvalue weighted by Crippen LogP contribution is -2.03. The number of halogens is 1. The number of nitrogens with one attached hydrogen (secondary N) is 1. The van der Waals surface area contributed by atoms with Crippen molar-refractivity contribution < 1.29 is 0 Å². The van der Waals surface area contributed by atoms with Crippen LogP contribution in [0.4, 0.5) is 0 Å². The van der Waals surface area contributed by atoms with Crippen LogP contribution in [0.25, 0.3) is 0 Å². The van der Waals surface area contributed by atoms with Gasteiger partial charge in [-0.2, -0.15) is 0 Å². The minimum atomic E-state index is -0.0771. The largest absolute Gasteiger partial charge is 0.282 e. The third-order valence-electron chi connectivity index (χ3n) is 1.84. The van der Waals surface area contributed by atoms with Crippen LogP contribution in [0.3, 0.4) is 0 Å². The van der Waals surface area contributed by atoms with Crippen LogP contribution in [0.2, 0.25) is 5.02 Å². The molecule has 0 radical (unpaired) electrons. The number of thioether (sulfide) groups is 1. The highest BCUT2D eigenvalue weighted by Gasteiger charge is 1.95. The summed E-state index contributed by atoms with van der Waals surface area (Å²) >= 11 is 7.40. The predicted molar refractivity (Wildman–Crippen MR) is 62.4 cm³/mol. The van der Waals surface area contributed by atoms with Crippen molar-refractivity contribution in [3.8, 4) is 0 Å². The Morgan fingerprint density at radius 2 is 2.00 bits per heavy atom. The molecule has 0 saturated heterocycles. The molecule has 15 heavy (non-hydrogen) atoms. The summed E-state index contributed by atoms with van der Waals surface area (Å²) in [4.78, 5) is 12.0. The standard InChI is InChI=1S/C10H9ClN2OS/c11-8-1-3-9(4-2-8)15-7-13-6-5-10(14)12-13/h1-6H,7H2,(H,12,14)/i12+1,13+1. The van der Waals surface area contributed by atoms with E-state index in [9.17, 15) is 4.79 Å². The summed E-state index contributed by atoms with van der Waals surface area (Å²) < 4.78 is 1.74. The van der Waals surface area contributed by atoms with Gasteiger partial charge in [0.15, 0.2) is 0 Å². The van der Waals surface area contributed by atoms with Crippen molar-refractivity contribution in [2.75, 3.05) is 0 Å². The summed E-state index contributed by atoms with van der Waals surface area (Å²) in [6.07, 6.45) is 1.73. The number of aromatic nitrogens is 2. The van der Waals surface area contributed by atoms with Gasteiger partial charge in [-0.05, 0) is 24.3 Å². The molecule has 2 rings (SSSR count). The molecule has 0 spiro atoms. The van der Waals surface area contributed by atoms with E-state index >= 15 is 0 Å². The second kappa shape index (κ2) is 4.59. The molecule has 1 heterocycles. The number of hydrogen-bond acceptors (Lipinski definition) is 2. The van der Waals surface area contributed by atoms with Crippen molar-refractivity contribution in [3.63, 3.8) is 0 Å². The second-order valence-electron chi connectivity index (χ2n) is 2.99. The molecular weight excluding hydrogens is 234 g/mol. The maximum atomic E-state index is 10.8. The van der Waals surface area contributed by atoms with Gasteiger partial charge in [0.1, 0.15) is 0 Å². The highest BCUT2D eigenvalue weighted by atomic mass is 35.5. The minimum absolute atomic E-state index is 0.0771. The molecule has 1 aromatic heterocycles. The van der Waals surface area contributed by atoms with Gasteiger partial charge in [0.25, 0.3) is 5.56 Å². The van der Waals surface area contributed by atoms with E-state index in [1.165, 1.54) is 6.07 Å². The van der Waals surface area contributed by atoms with Crippen LogP contribution in [0, 0.1) is 0 Å². The van der Waals surface area contributed by atoms with Crippen molar-refractivity contribution in [2.45, 2.75) is 10.8 Å². The van der Waals surface area contributed by atoms with Crippen molar-refractivity contribution >= 4 is 23.4 Å². The number of hydrogen-bond donors (Lipinski definition) is 1. The third kappa shape index (κ3) is 2.91. The fourth-order valence-corrected chi connectivity index (χ4v) is 2.02. The van der Waals surface area contributed by atoms with Crippen LogP contribution < -0.4 is 5.56 Å². The predicted octanol–water partition coefficient (Wildman–Crippen LogP) is 2.58. The van der Waals surface area contributed by atoms with Gasteiger partial charge in [-0.15, -0.1) is 11.8 Å². The first kappa shape index (κ1) is 10.4. The summed E-state index contributed by atoms with van der Waals surface area (Å²) in [5.74, 6) is 0.684. The monoisotopic (exact) mass is 242 g/mol. The van der Waals surface area contributed by atoms with E-state index in [2.05, 4.69) is 5.10 Å². The molecule has 0 bridgehead atoms. The fraction of sp³-hybridized carbons (Fsp3) is 0.100. The van der Waals surface area contributed by atoms with Crippen LogP contribution in [-0.4, -0.2) is 9.78 Å². The van der Waals surface area contributed by atoms with E-state index in [1.807, 2.05) is 24.3 Å². The van der Waals surface area contributed by atoms with Crippen LogP contribution in [0.5, 0.6) is 0 Å². The number of rotatable bonds is 3. The first-order valence-corrected chi connectivity index (χ1v) is 5.74. The van der Waals surface area contributed by atoms with Gasteiger partial charge in [0, 0.05) is 22.2 Å². The van der Waals surface area contributed by atoms with Crippen LogP contribution >= 0.6 is 23.4 Å². The summed E-state index contributed by atoms with van der Waals surface area (Å²) in [7, 11) is 0. The van der Waals surface area contributed by atoms with Gasteiger partial charge in [0.2, 0.25) is 0 Å². The lowest BCUT2D eigenvalue weighted by atomic mass is 10.4. The Morgan fingerprint density at radius 3 is 2.60 bits per heavy atom. The highest BCUT2D eigenvalue weighted by molar-refractivity contribution is 7.98. The van der Waals surface area contributed by atoms with Crippen molar-refractivity contribution in [1.29, 1.82) is 0 Å². The Hall–Kier alpha value is -1.13. The Bertz CT molecular complexity index is 489. The fourth-order valence-electron chi connectivity index (χ4n) is 1.12. The quantitative estimate of drug-likeness (QED) is 0.840. The molecule has 0 atom stereocenters. The van der Waals surface area contributed by atoms with Crippen LogP contribution in [0.15, 0.2) is 46.2 Å². The summed E-state index contributed by atoms with van der Waals surface area (Å²) in [6.45, 7) is 0. The molecule has 1 N–H and O–H groups in total. The van der Waals surface area contributed by atoms with E-state index in [0.29, 0.717) is 5.88 Å². The van der Waals surface area contributed by atoms with Gasteiger partial charge in [-0.1, -0.05) is 11.6 Å². The summed E-state index contributed by atoms with van der Waals surface area (Å²) in [5.41, 5.74) is -0.0771. The molecule has 0 amide bonds. The molecule has 0 fully saturated rings. The molecule has 2 aromatic rings. The van der Waals surface area contributed by atoms with Gasteiger partial charge in [-0.25, -0.2) is 0 Å². The number of benzene rings is 1.